The number of benzene rings is 1. The summed E-state index contributed by atoms with van der Waals surface area (Å²) in [5.74, 6) is -0.288. The van der Waals surface area contributed by atoms with Crippen LogP contribution in [0.15, 0.2) is 35.5 Å². The van der Waals surface area contributed by atoms with Crippen LogP contribution in [0.2, 0.25) is 0 Å². The number of carbonyl (C=O) groups is 1. The van der Waals surface area contributed by atoms with E-state index in [0.29, 0.717) is 16.8 Å². The molecule has 28 heavy (non-hydrogen) atoms. The van der Waals surface area contributed by atoms with E-state index in [2.05, 4.69) is 24.3 Å². The molecule has 0 saturated carbocycles. The standard InChI is InChI=1S/C20H24N4O4/c1-6-11(2)18-17-16(13-9-7-8-10-14(13)24(26)27)15(20(25)28-5)12(3)21-19(17)23(4)22-18/h7-11,16,21H,6H2,1-5H3. The largest absolute Gasteiger partial charge is 0.466 e. The van der Waals surface area contributed by atoms with E-state index in [-0.39, 0.29) is 11.6 Å². The fraction of sp³-hybridized carbons (Fsp3) is 0.400. The van der Waals surface area contributed by atoms with Crippen molar-refractivity contribution in [3.63, 3.8) is 0 Å². The van der Waals surface area contributed by atoms with Crippen molar-refractivity contribution in [3.05, 3.63) is 62.5 Å². The number of rotatable bonds is 5. The minimum absolute atomic E-state index is 0.0338. The maximum absolute atomic E-state index is 12.7. The molecule has 0 saturated heterocycles. The van der Waals surface area contributed by atoms with Crippen LogP contribution in [-0.2, 0) is 16.6 Å². The number of nitrogens with one attached hydrogen (secondary N) is 1. The molecule has 1 aliphatic rings. The van der Waals surface area contributed by atoms with E-state index in [9.17, 15) is 14.9 Å². The van der Waals surface area contributed by atoms with Crippen LogP contribution < -0.4 is 5.32 Å². The molecule has 8 heteroatoms. The van der Waals surface area contributed by atoms with Crippen LogP contribution in [0, 0.1) is 10.1 Å². The molecule has 0 bridgehead atoms. The van der Waals surface area contributed by atoms with E-state index in [0.717, 1.165) is 23.5 Å². The highest BCUT2D eigenvalue weighted by atomic mass is 16.6. The summed E-state index contributed by atoms with van der Waals surface area (Å²) in [6, 6.07) is 6.52. The Bertz CT molecular complexity index is 977. The van der Waals surface area contributed by atoms with Crippen molar-refractivity contribution in [2.75, 3.05) is 12.4 Å². The minimum Gasteiger partial charge on any atom is -0.466 e. The van der Waals surface area contributed by atoms with Crippen LogP contribution in [0.1, 0.15) is 55.8 Å². The Morgan fingerprint density at radius 2 is 2.11 bits per heavy atom. The SMILES string of the molecule is CCC(C)c1nn(C)c2c1C(c1ccccc1[N+](=O)[O-])C(C(=O)OC)=C(C)N2. The van der Waals surface area contributed by atoms with Crippen LogP contribution in [0.3, 0.4) is 0 Å². The van der Waals surface area contributed by atoms with Gasteiger partial charge in [0.15, 0.2) is 0 Å². The average Bonchev–Trinajstić information content (AvgIpc) is 3.01. The predicted molar refractivity (Wildman–Crippen MR) is 105 cm³/mol. The molecular weight excluding hydrogens is 360 g/mol. The van der Waals surface area contributed by atoms with Crippen molar-refractivity contribution in [2.45, 2.75) is 39.0 Å². The molecule has 0 radical (unpaired) electrons. The van der Waals surface area contributed by atoms with E-state index in [1.165, 1.54) is 13.2 Å². The number of methoxy groups -OCH3 is 1. The Morgan fingerprint density at radius 1 is 1.43 bits per heavy atom. The molecule has 2 unspecified atom stereocenters. The molecule has 8 nitrogen and oxygen atoms in total. The first-order chi connectivity index (χ1) is 13.3. The van der Waals surface area contributed by atoms with Gasteiger partial charge in [0.1, 0.15) is 5.82 Å². The van der Waals surface area contributed by atoms with Gasteiger partial charge in [0.05, 0.1) is 29.2 Å². The average molecular weight is 384 g/mol. The highest BCUT2D eigenvalue weighted by molar-refractivity contribution is 5.95. The first-order valence-electron chi connectivity index (χ1n) is 9.17. The van der Waals surface area contributed by atoms with Crippen molar-refractivity contribution < 1.29 is 14.5 Å². The number of hydrogen-bond acceptors (Lipinski definition) is 6. The van der Waals surface area contributed by atoms with Crippen molar-refractivity contribution in [1.29, 1.82) is 0 Å². The number of para-hydroxylation sites is 1. The number of esters is 1. The van der Waals surface area contributed by atoms with Gasteiger partial charge in [0.2, 0.25) is 0 Å². The summed E-state index contributed by atoms with van der Waals surface area (Å²) in [6.07, 6.45) is 0.851. The van der Waals surface area contributed by atoms with Gasteiger partial charge in [-0.25, -0.2) is 4.79 Å². The Hall–Kier alpha value is -3.16. The quantitative estimate of drug-likeness (QED) is 0.478. The number of nitro benzene ring substituents is 1. The van der Waals surface area contributed by atoms with Gasteiger partial charge in [-0.05, 0) is 13.3 Å². The third-order valence-electron chi connectivity index (χ3n) is 5.33. The molecule has 3 rings (SSSR count). The lowest BCUT2D eigenvalue weighted by Crippen LogP contribution is -2.25. The van der Waals surface area contributed by atoms with Gasteiger partial charge in [0, 0.05) is 35.9 Å². The lowest BCUT2D eigenvalue weighted by molar-refractivity contribution is -0.385. The van der Waals surface area contributed by atoms with Gasteiger partial charge in [-0.3, -0.25) is 14.8 Å². The molecule has 1 aromatic heterocycles. The first kappa shape index (κ1) is 19.6. The smallest absolute Gasteiger partial charge is 0.336 e. The monoisotopic (exact) mass is 384 g/mol. The second-order valence-corrected chi connectivity index (χ2v) is 6.98. The molecule has 1 aliphatic heterocycles. The summed E-state index contributed by atoms with van der Waals surface area (Å²) in [5, 5.41) is 19.6. The molecule has 1 N–H and O–H groups in total. The third kappa shape index (κ3) is 3.04. The van der Waals surface area contributed by atoms with Crippen molar-refractivity contribution >= 4 is 17.5 Å². The molecule has 2 aromatic rings. The van der Waals surface area contributed by atoms with Gasteiger partial charge in [-0.1, -0.05) is 32.0 Å². The third-order valence-corrected chi connectivity index (χ3v) is 5.33. The fourth-order valence-electron chi connectivity index (χ4n) is 3.75. The Labute approximate surface area is 163 Å². The second-order valence-electron chi connectivity index (χ2n) is 6.98. The van der Waals surface area contributed by atoms with Gasteiger partial charge in [-0.2, -0.15) is 5.10 Å². The number of nitro groups is 1. The highest BCUT2D eigenvalue weighted by Gasteiger charge is 2.40. The van der Waals surface area contributed by atoms with E-state index in [1.54, 1.807) is 29.8 Å². The molecule has 0 fully saturated rings. The number of allylic oxidation sites excluding steroid dienone is 1. The molecule has 2 atom stereocenters. The summed E-state index contributed by atoms with van der Waals surface area (Å²) < 4.78 is 6.76. The maximum Gasteiger partial charge on any atom is 0.336 e. The minimum atomic E-state index is -0.636. The summed E-state index contributed by atoms with van der Waals surface area (Å²) in [6.45, 7) is 5.89. The van der Waals surface area contributed by atoms with E-state index < -0.39 is 16.8 Å². The molecular formula is C20H24N4O4. The van der Waals surface area contributed by atoms with Crippen LogP contribution >= 0.6 is 0 Å². The van der Waals surface area contributed by atoms with E-state index >= 15 is 0 Å². The number of ether oxygens (including phenoxy) is 1. The Morgan fingerprint density at radius 3 is 2.71 bits per heavy atom. The number of aryl methyl sites for hydroxylation is 1. The van der Waals surface area contributed by atoms with Crippen LogP contribution in [0.5, 0.6) is 0 Å². The first-order valence-corrected chi connectivity index (χ1v) is 9.17. The van der Waals surface area contributed by atoms with Crippen LogP contribution in [0.4, 0.5) is 11.5 Å². The summed E-state index contributed by atoms with van der Waals surface area (Å²) in [5.41, 5.74) is 2.99. The zero-order chi connectivity index (χ0) is 20.6. The van der Waals surface area contributed by atoms with Gasteiger partial charge in [-0.15, -0.1) is 0 Å². The molecule has 0 aliphatic carbocycles. The number of fused-ring (bicyclic) bond motifs is 1. The normalized spacial score (nSPS) is 17.0. The van der Waals surface area contributed by atoms with Crippen LogP contribution in [-0.4, -0.2) is 27.8 Å². The zero-order valence-corrected chi connectivity index (χ0v) is 16.6. The fourth-order valence-corrected chi connectivity index (χ4v) is 3.75. The van der Waals surface area contributed by atoms with Crippen molar-refractivity contribution in [2.24, 2.45) is 7.05 Å². The summed E-state index contributed by atoms with van der Waals surface area (Å²) in [7, 11) is 3.14. The summed E-state index contributed by atoms with van der Waals surface area (Å²) >= 11 is 0. The number of carbonyl (C=O) groups excluding carboxylic acids is 1. The van der Waals surface area contributed by atoms with Crippen molar-refractivity contribution in [1.82, 2.24) is 9.78 Å². The topological polar surface area (TPSA) is 99.3 Å². The van der Waals surface area contributed by atoms with Gasteiger partial charge < -0.3 is 10.1 Å². The lowest BCUT2D eigenvalue weighted by Gasteiger charge is -2.29. The Balaban J connectivity index is 2.37. The summed E-state index contributed by atoms with van der Waals surface area (Å²) in [4.78, 5) is 24.0. The van der Waals surface area contributed by atoms with E-state index in [1.807, 2.05) is 7.05 Å². The second kappa shape index (κ2) is 7.46. The number of nitrogens with zero attached hydrogens (tertiary/aromatic N) is 3. The molecule has 0 amide bonds. The van der Waals surface area contributed by atoms with Gasteiger partial charge in [0.25, 0.3) is 5.69 Å². The van der Waals surface area contributed by atoms with Gasteiger partial charge >= 0.3 is 5.97 Å². The Kier molecular flexibility index (Phi) is 5.22. The highest BCUT2D eigenvalue weighted by Crippen LogP contribution is 2.47. The lowest BCUT2D eigenvalue weighted by atomic mass is 9.79. The van der Waals surface area contributed by atoms with Crippen LogP contribution in [0.25, 0.3) is 0 Å². The van der Waals surface area contributed by atoms with Crippen molar-refractivity contribution in [3.8, 4) is 0 Å². The molecule has 2 heterocycles. The molecule has 1 aromatic carbocycles. The number of anilines is 1. The maximum atomic E-state index is 12.7. The zero-order valence-electron chi connectivity index (χ0n) is 16.6. The molecule has 148 valence electrons. The molecule has 0 spiro atoms. The van der Waals surface area contributed by atoms with E-state index in [4.69, 9.17) is 4.74 Å². The number of aromatic nitrogens is 2. The predicted octanol–water partition coefficient (Wildman–Crippen LogP) is 3.85. The number of hydrogen-bond donors (Lipinski definition) is 1.